The second kappa shape index (κ2) is 4.72. The van der Waals surface area contributed by atoms with E-state index in [0.29, 0.717) is 18.5 Å². The van der Waals surface area contributed by atoms with Crippen molar-refractivity contribution < 1.29 is 19.5 Å². The zero-order valence-electron chi connectivity index (χ0n) is 10.4. The second-order valence-electron chi connectivity index (χ2n) is 4.50. The Bertz CT molecular complexity index is 549. The summed E-state index contributed by atoms with van der Waals surface area (Å²) >= 11 is 0. The van der Waals surface area contributed by atoms with Crippen molar-refractivity contribution >= 4 is 23.5 Å². The molecule has 6 heteroatoms. The van der Waals surface area contributed by atoms with Gasteiger partial charge in [-0.15, -0.1) is 0 Å². The molecule has 1 aromatic carbocycles. The van der Waals surface area contributed by atoms with Gasteiger partial charge in [-0.1, -0.05) is 6.07 Å². The number of carbonyl (C=O) groups is 3. The van der Waals surface area contributed by atoms with E-state index in [1.165, 1.54) is 19.2 Å². The summed E-state index contributed by atoms with van der Waals surface area (Å²) < 4.78 is 0. The van der Waals surface area contributed by atoms with Crippen molar-refractivity contribution in [1.82, 2.24) is 5.32 Å². The van der Waals surface area contributed by atoms with Crippen LogP contribution in [-0.2, 0) is 9.59 Å². The SMILES string of the molecule is CNC(=O)C1(C(=O)Nc2cccc(C(=O)O)c2)CC1. The number of aromatic carboxylic acids is 1. The molecule has 0 spiro atoms. The molecule has 0 atom stereocenters. The van der Waals surface area contributed by atoms with E-state index in [0.717, 1.165) is 0 Å². The molecule has 2 amide bonds. The van der Waals surface area contributed by atoms with Gasteiger partial charge in [0, 0.05) is 12.7 Å². The van der Waals surface area contributed by atoms with Crippen LogP contribution < -0.4 is 10.6 Å². The molecule has 1 fully saturated rings. The molecule has 1 saturated carbocycles. The standard InChI is InChI=1S/C13H14N2O4/c1-14-11(18)13(5-6-13)12(19)15-9-4-2-3-8(7-9)10(16)17/h2-4,7H,5-6H2,1H3,(H,14,18)(H,15,19)(H,16,17). The molecule has 100 valence electrons. The van der Waals surface area contributed by atoms with E-state index in [9.17, 15) is 14.4 Å². The third kappa shape index (κ3) is 2.42. The Balaban J connectivity index is 2.14. The van der Waals surface area contributed by atoms with Crippen LogP contribution >= 0.6 is 0 Å². The molecule has 1 aliphatic rings. The Kier molecular flexibility index (Phi) is 3.25. The summed E-state index contributed by atoms with van der Waals surface area (Å²) in [5.74, 6) is -1.77. The van der Waals surface area contributed by atoms with E-state index in [1.54, 1.807) is 12.1 Å². The summed E-state index contributed by atoms with van der Waals surface area (Å²) in [6.45, 7) is 0. The summed E-state index contributed by atoms with van der Waals surface area (Å²) in [6.07, 6.45) is 1.02. The normalized spacial score (nSPS) is 15.4. The van der Waals surface area contributed by atoms with Gasteiger partial charge >= 0.3 is 5.97 Å². The predicted octanol–water partition coefficient (Wildman–Crippen LogP) is 0.849. The average Bonchev–Trinajstić information content (AvgIpc) is 3.19. The number of amides is 2. The van der Waals surface area contributed by atoms with Gasteiger partial charge in [-0.2, -0.15) is 0 Å². The van der Waals surface area contributed by atoms with E-state index in [4.69, 9.17) is 5.11 Å². The number of carboxylic acids is 1. The van der Waals surface area contributed by atoms with Gasteiger partial charge in [0.25, 0.3) is 0 Å². The van der Waals surface area contributed by atoms with E-state index in [2.05, 4.69) is 10.6 Å². The van der Waals surface area contributed by atoms with Gasteiger partial charge < -0.3 is 15.7 Å². The van der Waals surface area contributed by atoms with Gasteiger partial charge in [-0.3, -0.25) is 9.59 Å². The quantitative estimate of drug-likeness (QED) is 0.701. The van der Waals surface area contributed by atoms with Crippen molar-refractivity contribution in [2.45, 2.75) is 12.8 Å². The Morgan fingerprint density at radius 1 is 1.21 bits per heavy atom. The zero-order chi connectivity index (χ0) is 14.0. The van der Waals surface area contributed by atoms with Gasteiger partial charge in [0.1, 0.15) is 5.41 Å². The summed E-state index contributed by atoms with van der Waals surface area (Å²) in [5, 5.41) is 13.9. The largest absolute Gasteiger partial charge is 0.478 e. The number of hydrogen-bond donors (Lipinski definition) is 3. The lowest BCUT2D eigenvalue weighted by Gasteiger charge is -2.13. The molecule has 2 rings (SSSR count). The Morgan fingerprint density at radius 3 is 2.42 bits per heavy atom. The number of carboxylic acid groups (broad SMARTS) is 1. The van der Waals surface area contributed by atoms with Crippen LogP contribution in [0.5, 0.6) is 0 Å². The molecule has 19 heavy (non-hydrogen) atoms. The Labute approximate surface area is 109 Å². The molecule has 0 aromatic heterocycles. The van der Waals surface area contributed by atoms with Gasteiger partial charge in [0.15, 0.2) is 0 Å². The minimum Gasteiger partial charge on any atom is -0.478 e. The fraction of sp³-hybridized carbons (Fsp3) is 0.308. The van der Waals surface area contributed by atoms with E-state index in [-0.39, 0.29) is 11.5 Å². The number of rotatable bonds is 4. The fourth-order valence-corrected chi connectivity index (χ4v) is 1.90. The average molecular weight is 262 g/mol. The monoisotopic (exact) mass is 262 g/mol. The molecular formula is C13H14N2O4. The van der Waals surface area contributed by atoms with Crippen molar-refractivity contribution in [3.05, 3.63) is 29.8 Å². The van der Waals surface area contributed by atoms with Crippen molar-refractivity contribution in [3.8, 4) is 0 Å². The van der Waals surface area contributed by atoms with Crippen LogP contribution in [0.25, 0.3) is 0 Å². The smallest absolute Gasteiger partial charge is 0.335 e. The first-order chi connectivity index (χ1) is 8.99. The van der Waals surface area contributed by atoms with E-state index in [1.807, 2.05) is 0 Å². The second-order valence-corrected chi connectivity index (χ2v) is 4.50. The van der Waals surface area contributed by atoms with Gasteiger partial charge in [-0.05, 0) is 31.0 Å². The lowest BCUT2D eigenvalue weighted by Crippen LogP contribution is -2.38. The molecule has 3 N–H and O–H groups in total. The molecule has 0 unspecified atom stereocenters. The summed E-state index contributed by atoms with van der Waals surface area (Å²) in [6, 6.07) is 5.92. The number of anilines is 1. The van der Waals surface area contributed by atoms with E-state index < -0.39 is 17.3 Å². The maximum atomic E-state index is 12.1. The van der Waals surface area contributed by atoms with Crippen LogP contribution in [0.4, 0.5) is 5.69 Å². The highest BCUT2D eigenvalue weighted by atomic mass is 16.4. The summed E-state index contributed by atoms with van der Waals surface area (Å²) in [4.78, 5) is 34.5. The number of carbonyl (C=O) groups excluding carboxylic acids is 2. The van der Waals surface area contributed by atoms with Gasteiger partial charge in [0.05, 0.1) is 5.56 Å². The van der Waals surface area contributed by atoms with Crippen molar-refractivity contribution in [3.63, 3.8) is 0 Å². The van der Waals surface area contributed by atoms with Crippen LogP contribution in [0.15, 0.2) is 24.3 Å². The van der Waals surface area contributed by atoms with Crippen LogP contribution in [0, 0.1) is 5.41 Å². The van der Waals surface area contributed by atoms with Crippen LogP contribution in [0.1, 0.15) is 23.2 Å². The lowest BCUT2D eigenvalue weighted by molar-refractivity contribution is -0.134. The van der Waals surface area contributed by atoms with Gasteiger partial charge in [-0.25, -0.2) is 4.79 Å². The third-order valence-electron chi connectivity index (χ3n) is 3.21. The minimum absolute atomic E-state index is 0.0857. The maximum absolute atomic E-state index is 12.1. The minimum atomic E-state index is -1.07. The first-order valence-electron chi connectivity index (χ1n) is 5.86. The third-order valence-corrected chi connectivity index (χ3v) is 3.21. The van der Waals surface area contributed by atoms with E-state index >= 15 is 0 Å². The number of nitrogens with one attached hydrogen (secondary N) is 2. The number of benzene rings is 1. The first-order valence-corrected chi connectivity index (χ1v) is 5.86. The lowest BCUT2D eigenvalue weighted by atomic mass is 10.1. The Morgan fingerprint density at radius 2 is 1.89 bits per heavy atom. The van der Waals surface area contributed by atoms with Crippen LogP contribution in [0.2, 0.25) is 0 Å². The highest BCUT2D eigenvalue weighted by Crippen LogP contribution is 2.46. The maximum Gasteiger partial charge on any atom is 0.335 e. The van der Waals surface area contributed by atoms with Gasteiger partial charge in [0.2, 0.25) is 11.8 Å². The molecule has 0 bridgehead atoms. The molecule has 0 heterocycles. The molecular weight excluding hydrogens is 248 g/mol. The van der Waals surface area contributed by atoms with Crippen molar-refractivity contribution in [1.29, 1.82) is 0 Å². The highest BCUT2D eigenvalue weighted by Gasteiger charge is 2.56. The Hall–Kier alpha value is -2.37. The zero-order valence-corrected chi connectivity index (χ0v) is 10.4. The van der Waals surface area contributed by atoms with Crippen LogP contribution in [-0.4, -0.2) is 29.9 Å². The molecule has 0 radical (unpaired) electrons. The molecule has 0 saturated heterocycles. The summed E-state index contributed by atoms with van der Waals surface area (Å²) in [5.41, 5.74) is -0.531. The predicted molar refractivity (Wildman–Crippen MR) is 67.8 cm³/mol. The van der Waals surface area contributed by atoms with Crippen molar-refractivity contribution in [2.75, 3.05) is 12.4 Å². The highest BCUT2D eigenvalue weighted by molar-refractivity contribution is 6.13. The summed E-state index contributed by atoms with van der Waals surface area (Å²) in [7, 11) is 1.49. The fourth-order valence-electron chi connectivity index (χ4n) is 1.90. The number of hydrogen-bond acceptors (Lipinski definition) is 3. The van der Waals surface area contributed by atoms with Crippen molar-refractivity contribution in [2.24, 2.45) is 5.41 Å². The van der Waals surface area contributed by atoms with Crippen LogP contribution in [0.3, 0.4) is 0 Å². The molecule has 0 aliphatic heterocycles. The molecule has 1 aliphatic carbocycles. The first kappa shape index (κ1) is 13.1. The molecule has 6 nitrogen and oxygen atoms in total. The topological polar surface area (TPSA) is 95.5 Å². The molecule has 1 aromatic rings.